The Morgan fingerprint density at radius 2 is 2.25 bits per heavy atom. The van der Waals surface area contributed by atoms with Crippen LogP contribution in [-0.2, 0) is 9.53 Å². The van der Waals surface area contributed by atoms with E-state index in [4.69, 9.17) is 4.74 Å². The SMILES string of the molecule is CC1NC(=O)C(C)O1. The summed E-state index contributed by atoms with van der Waals surface area (Å²) < 4.78 is 5.01. The highest BCUT2D eigenvalue weighted by Crippen LogP contribution is 2.02. The van der Waals surface area contributed by atoms with Crippen LogP contribution in [-0.4, -0.2) is 18.2 Å². The monoisotopic (exact) mass is 115 g/mol. The van der Waals surface area contributed by atoms with Crippen LogP contribution in [0.2, 0.25) is 0 Å². The molecule has 0 bridgehead atoms. The smallest absolute Gasteiger partial charge is 0.250 e. The summed E-state index contributed by atoms with van der Waals surface area (Å²) in [5, 5.41) is 2.61. The van der Waals surface area contributed by atoms with Gasteiger partial charge in [0.2, 0.25) is 0 Å². The Morgan fingerprint density at radius 1 is 1.62 bits per heavy atom. The fourth-order valence-corrected chi connectivity index (χ4v) is 0.720. The molecule has 3 heteroatoms. The van der Waals surface area contributed by atoms with Gasteiger partial charge >= 0.3 is 0 Å². The standard InChI is InChI=1S/C5H9NO2/c1-3-5(7)6-4(2)8-3/h3-4H,1-2H3,(H,6,7). The average molecular weight is 115 g/mol. The minimum atomic E-state index is -0.259. The van der Waals surface area contributed by atoms with Gasteiger partial charge in [-0.05, 0) is 13.8 Å². The van der Waals surface area contributed by atoms with E-state index in [0.29, 0.717) is 0 Å². The van der Waals surface area contributed by atoms with Gasteiger partial charge in [-0.3, -0.25) is 4.79 Å². The molecule has 46 valence electrons. The quantitative estimate of drug-likeness (QED) is 0.477. The van der Waals surface area contributed by atoms with Gasteiger partial charge in [0.05, 0.1) is 0 Å². The fraction of sp³-hybridized carbons (Fsp3) is 0.800. The van der Waals surface area contributed by atoms with Crippen LogP contribution < -0.4 is 5.32 Å². The van der Waals surface area contributed by atoms with Crippen molar-refractivity contribution >= 4 is 5.91 Å². The minimum Gasteiger partial charge on any atom is -0.346 e. The van der Waals surface area contributed by atoms with Crippen molar-refractivity contribution in [3.8, 4) is 0 Å². The molecule has 2 atom stereocenters. The number of ether oxygens (including phenoxy) is 1. The van der Waals surface area contributed by atoms with E-state index in [1.165, 1.54) is 0 Å². The first-order valence-electron chi connectivity index (χ1n) is 2.66. The first-order chi connectivity index (χ1) is 3.70. The minimum absolute atomic E-state index is 0.0162. The third-order valence-electron chi connectivity index (χ3n) is 1.12. The van der Waals surface area contributed by atoms with Crippen LogP contribution in [0, 0.1) is 0 Å². The second-order valence-corrected chi connectivity index (χ2v) is 1.93. The molecule has 1 N–H and O–H groups in total. The summed E-state index contributed by atoms with van der Waals surface area (Å²) in [6, 6.07) is 0. The summed E-state index contributed by atoms with van der Waals surface area (Å²) in [5.74, 6) is -0.0162. The third kappa shape index (κ3) is 0.816. The fourth-order valence-electron chi connectivity index (χ4n) is 0.720. The molecule has 0 spiro atoms. The van der Waals surface area contributed by atoms with Crippen molar-refractivity contribution < 1.29 is 9.53 Å². The van der Waals surface area contributed by atoms with Crippen LogP contribution in [0.15, 0.2) is 0 Å². The van der Waals surface area contributed by atoms with Crippen molar-refractivity contribution in [2.75, 3.05) is 0 Å². The number of hydrogen-bond donors (Lipinski definition) is 1. The topological polar surface area (TPSA) is 38.3 Å². The predicted molar refractivity (Wildman–Crippen MR) is 28.2 cm³/mol. The maximum atomic E-state index is 10.5. The van der Waals surface area contributed by atoms with Crippen LogP contribution in [0.5, 0.6) is 0 Å². The lowest BCUT2D eigenvalue weighted by Gasteiger charge is -1.98. The number of hydrogen-bond acceptors (Lipinski definition) is 2. The molecule has 3 nitrogen and oxygen atoms in total. The Bertz CT molecular complexity index is 113. The number of amides is 1. The summed E-state index contributed by atoms with van der Waals surface area (Å²) in [6.45, 7) is 3.54. The van der Waals surface area contributed by atoms with Gasteiger partial charge in [-0.2, -0.15) is 0 Å². The summed E-state index contributed by atoms with van der Waals surface area (Å²) in [7, 11) is 0. The maximum absolute atomic E-state index is 10.5. The highest BCUT2D eigenvalue weighted by atomic mass is 16.5. The molecule has 1 amide bonds. The van der Waals surface area contributed by atoms with E-state index in [0.717, 1.165) is 0 Å². The largest absolute Gasteiger partial charge is 0.346 e. The van der Waals surface area contributed by atoms with E-state index >= 15 is 0 Å². The van der Waals surface area contributed by atoms with E-state index in [1.54, 1.807) is 13.8 Å². The van der Waals surface area contributed by atoms with Crippen LogP contribution in [0.25, 0.3) is 0 Å². The molecule has 1 rings (SSSR count). The van der Waals surface area contributed by atoms with Gasteiger partial charge in [-0.15, -0.1) is 0 Å². The normalized spacial score (nSPS) is 37.5. The van der Waals surface area contributed by atoms with Crippen molar-refractivity contribution in [3.63, 3.8) is 0 Å². The van der Waals surface area contributed by atoms with Crippen molar-refractivity contribution in [1.82, 2.24) is 5.32 Å². The maximum Gasteiger partial charge on any atom is 0.250 e. The van der Waals surface area contributed by atoms with E-state index in [9.17, 15) is 4.79 Å². The lowest BCUT2D eigenvalue weighted by Crippen LogP contribution is -2.24. The highest BCUT2D eigenvalue weighted by molar-refractivity contribution is 5.81. The Balaban J connectivity index is 2.51. The Kier molecular flexibility index (Phi) is 1.21. The highest BCUT2D eigenvalue weighted by Gasteiger charge is 2.24. The number of carbonyl (C=O) groups excluding carboxylic acids is 1. The van der Waals surface area contributed by atoms with Crippen molar-refractivity contribution in [1.29, 1.82) is 0 Å². The van der Waals surface area contributed by atoms with E-state index in [1.807, 2.05) is 0 Å². The molecule has 8 heavy (non-hydrogen) atoms. The van der Waals surface area contributed by atoms with Gasteiger partial charge in [0.25, 0.3) is 5.91 Å². The Morgan fingerprint density at radius 3 is 2.38 bits per heavy atom. The molecule has 0 aliphatic carbocycles. The summed E-state index contributed by atoms with van der Waals surface area (Å²) in [4.78, 5) is 10.5. The lowest BCUT2D eigenvalue weighted by atomic mass is 10.4. The molecule has 0 aromatic carbocycles. The summed E-state index contributed by atoms with van der Waals surface area (Å²) in [5.41, 5.74) is 0. The van der Waals surface area contributed by atoms with Gasteiger partial charge in [-0.25, -0.2) is 0 Å². The van der Waals surface area contributed by atoms with Gasteiger partial charge in [-0.1, -0.05) is 0 Å². The molecule has 1 aliphatic rings. The molecule has 1 aliphatic heterocycles. The number of nitrogens with one attached hydrogen (secondary N) is 1. The van der Waals surface area contributed by atoms with Crippen molar-refractivity contribution in [2.24, 2.45) is 0 Å². The van der Waals surface area contributed by atoms with E-state index in [-0.39, 0.29) is 18.2 Å². The first kappa shape index (κ1) is 5.56. The van der Waals surface area contributed by atoms with Gasteiger partial charge in [0.15, 0.2) is 0 Å². The van der Waals surface area contributed by atoms with Crippen LogP contribution in [0.1, 0.15) is 13.8 Å². The molecular formula is C5H9NO2. The molecule has 0 saturated carbocycles. The number of rotatable bonds is 0. The Labute approximate surface area is 48.0 Å². The predicted octanol–water partition coefficient (Wildman–Crippen LogP) is -0.133. The van der Waals surface area contributed by atoms with Crippen LogP contribution in [0.3, 0.4) is 0 Å². The molecule has 1 heterocycles. The average Bonchev–Trinajstić information content (AvgIpc) is 1.85. The second kappa shape index (κ2) is 1.74. The molecular weight excluding hydrogens is 106 g/mol. The van der Waals surface area contributed by atoms with Crippen LogP contribution in [0.4, 0.5) is 0 Å². The molecule has 1 saturated heterocycles. The van der Waals surface area contributed by atoms with Gasteiger partial charge in [0.1, 0.15) is 12.3 Å². The zero-order valence-electron chi connectivity index (χ0n) is 4.97. The second-order valence-electron chi connectivity index (χ2n) is 1.93. The number of carbonyl (C=O) groups is 1. The molecule has 2 unspecified atom stereocenters. The Hall–Kier alpha value is -0.570. The third-order valence-corrected chi connectivity index (χ3v) is 1.12. The van der Waals surface area contributed by atoms with Gasteiger partial charge in [0, 0.05) is 0 Å². The molecule has 0 aromatic rings. The van der Waals surface area contributed by atoms with E-state index in [2.05, 4.69) is 5.32 Å². The van der Waals surface area contributed by atoms with Crippen LogP contribution >= 0.6 is 0 Å². The summed E-state index contributed by atoms with van der Waals surface area (Å²) in [6.07, 6.45) is -0.359. The zero-order valence-corrected chi connectivity index (χ0v) is 4.97. The zero-order chi connectivity index (χ0) is 6.15. The van der Waals surface area contributed by atoms with E-state index < -0.39 is 0 Å². The van der Waals surface area contributed by atoms with Gasteiger partial charge < -0.3 is 10.1 Å². The lowest BCUT2D eigenvalue weighted by molar-refractivity contribution is -0.122. The molecule has 1 fully saturated rings. The molecule has 0 radical (unpaired) electrons. The van der Waals surface area contributed by atoms with Crippen molar-refractivity contribution in [3.05, 3.63) is 0 Å². The molecule has 0 aromatic heterocycles. The van der Waals surface area contributed by atoms with Crippen molar-refractivity contribution in [2.45, 2.75) is 26.2 Å². The summed E-state index contributed by atoms with van der Waals surface area (Å²) >= 11 is 0. The first-order valence-corrected chi connectivity index (χ1v) is 2.66.